The lowest BCUT2D eigenvalue weighted by Gasteiger charge is -2.32. The molecule has 0 amide bonds. The summed E-state index contributed by atoms with van der Waals surface area (Å²) in [5, 5.41) is 0. The predicted octanol–water partition coefficient (Wildman–Crippen LogP) is 0.982. The molecule has 1 aromatic rings. The third-order valence-corrected chi connectivity index (χ3v) is 3.16. The molecule has 2 rings (SSSR count). The summed E-state index contributed by atoms with van der Waals surface area (Å²) in [5.74, 6) is 0. The van der Waals surface area contributed by atoms with Crippen LogP contribution in [0.15, 0.2) is 10.6 Å². The third kappa shape index (κ3) is 1.72. The van der Waals surface area contributed by atoms with Crippen LogP contribution < -0.4 is 10.4 Å². The lowest BCUT2D eigenvalue weighted by molar-refractivity contribution is 0.00578. The van der Waals surface area contributed by atoms with Crippen molar-refractivity contribution >= 4 is 12.8 Å². The average Bonchev–Trinajstić information content (AvgIpc) is 2.70. The van der Waals surface area contributed by atoms with Crippen molar-refractivity contribution < 1.29 is 18.5 Å². The predicted molar refractivity (Wildman–Crippen MR) is 58.8 cm³/mol. The monoisotopic (exact) mass is 225 g/mol. The molecule has 1 saturated heterocycles. The Morgan fingerprint density at radius 3 is 2.19 bits per heavy atom. The van der Waals surface area contributed by atoms with Crippen LogP contribution in [-0.4, -0.2) is 30.4 Å². The molecule has 16 heavy (non-hydrogen) atoms. The Morgan fingerprint density at radius 1 is 1.19 bits per heavy atom. The van der Waals surface area contributed by atoms with E-state index in [1.807, 2.05) is 27.7 Å². The van der Waals surface area contributed by atoms with Gasteiger partial charge in [-0.1, -0.05) is 0 Å². The molecule has 5 nitrogen and oxygen atoms in total. The first-order chi connectivity index (χ1) is 7.36. The number of aromatic nitrogens is 1. The van der Waals surface area contributed by atoms with Gasteiger partial charge in [0.1, 0.15) is 0 Å². The highest BCUT2D eigenvalue weighted by Gasteiger charge is 2.53. The maximum absolute atomic E-state index is 5.80. The van der Waals surface area contributed by atoms with Gasteiger partial charge in [0, 0.05) is 0 Å². The van der Waals surface area contributed by atoms with Gasteiger partial charge < -0.3 is 18.5 Å². The molecular formula is C10H16BNO4. The normalized spacial score (nSPS) is 22.4. The molecular weight excluding hydrogens is 209 g/mol. The highest BCUT2D eigenvalue weighted by Crippen LogP contribution is 2.36. The van der Waals surface area contributed by atoms with E-state index in [1.165, 1.54) is 7.11 Å². The molecule has 1 aliphatic rings. The fourth-order valence-corrected chi connectivity index (χ4v) is 1.43. The lowest BCUT2D eigenvalue weighted by atomic mass is 9.87. The average molecular weight is 225 g/mol. The number of nitrogens with zero attached hydrogens (tertiary/aromatic N) is 1. The molecule has 1 aliphatic heterocycles. The molecule has 0 aliphatic carbocycles. The Bertz CT molecular complexity index is 372. The van der Waals surface area contributed by atoms with E-state index >= 15 is 0 Å². The van der Waals surface area contributed by atoms with Crippen LogP contribution in [0.1, 0.15) is 27.7 Å². The van der Waals surface area contributed by atoms with Crippen molar-refractivity contribution in [3.63, 3.8) is 0 Å². The minimum Gasteiger partial charge on any atom is -0.454 e. The largest absolute Gasteiger partial charge is 0.534 e. The highest BCUT2D eigenvalue weighted by molar-refractivity contribution is 6.60. The Kier molecular flexibility index (Phi) is 2.51. The van der Waals surface area contributed by atoms with Gasteiger partial charge in [-0.05, 0) is 27.7 Å². The molecule has 2 heterocycles. The van der Waals surface area contributed by atoms with E-state index in [4.69, 9.17) is 18.5 Å². The second kappa shape index (κ2) is 3.50. The minimum absolute atomic E-state index is 0.213. The van der Waals surface area contributed by atoms with Crippen molar-refractivity contribution in [2.45, 2.75) is 38.9 Å². The summed E-state index contributed by atoms with van der Waals surface area (Å²) in [5.41, 5.74) is -0.231. The first kappa shape index (κ1) is 11.5. The Morgan fingerprint density at radius 2 is 1.75 bits per heavy atom. The van der Waals surface area contributed by atoms with Gasteiger partial charge in [-0.3, -0.25) is 0 Å². The number of ether oxygens (including phenoxy) is 1. The van der Waals surface area contributed by atoms with Crippen LogP contribution in [0.2, 0.25) is 0 Å². The first-order valence-electron chi connectivity index (χ1n) is 5.21. The van der Waals surface area contributed by atoms with E-state index < -0.39 is 7.12 Å². The Labute approximate surface area is 95.2 Å². The van der Waals surface area contributed by atoms with Gasteiger partial charge in [0.25, 0.3) is 0 Å². The van der Waals surface area contributed by atoms with Crippen LogP contribution in [0, 0.1) is 0 Å². The van der Waals surface area contributed by atoms with Crippen molar-refractivity contribution in [2.75, 3.05) is 7.11 Å². The summed E-state index contributed by atoms with van der Waals surface area (Å²) in [6.07, 6.45) is 1.77. The van der Waals surface area contributed by atoms with Crippen molar-refractivity contribution in [1.82, 2.24) is 4.98 Å². The van der Waals surface area contributed by atoms with E-state index in [0.29, 0.717) is 5.66 Å². The maximum atomic E-state index is 5.80. The van der Waals surface area contributed by atoms with E-state index in [-0.39, 0.29) is 17.3 Å². The molecule has 6 heteroatoms. The number of rotatable bonds is 2. The summed E-state index contributed by atoms with van der Waals surface area (Å²) in [7, 11) is 0.973. The molecule has 0 spiro atoms. The zero-order valence-electron chi connectivity index (χ0n) is 10.2. The van der Waals surface area contributed by atoms with Gasteiger partial charge in [-0.2, -0.15) is 4.98 Å². The smallest absolute Gasteiger partial charge is 0.454 e. The van der Waals surface area contributed by atoms with Crippen LogP contribution in [0.5, 0.6) is 6.08 Å². The molecule has 0 aromatic carbocycles. The molecule has 0 saturated carbocycles. The molecule has 88 valence electrons. The van der Waals surface area contributed by atoms with Gasteiger partial charge in [0.2, 0.25) is 0 Å². The molecule has 1 aromatic heterocycles. The summed E-state index contributed by atoms with van der Waals surface area (Å²) in [4.78, 5) is 3.93. The molecule has 0 radical (unpaired) electrons. The summed E-state index contributed by atoms with van der Waals surface area (Å²) < 4.78 is 21.8. The molecule has 1 fully saturated rings. The topological polar surface area (TPSA) is 53.7 Å². The van der Waals surface area contributed by atoms with E-state index in [2.05, 4.69) is 4.98 Å². The summed E-state index contributed by atoms with van der Waals surface area (Å²) in [6, 6.07) is 0. The zero-order valence-corrected chi connectivity index (χ0v) is 10.2. The standard InChI is InChI=1S/C10H16BNO4/c1-9(2)10(3,4)16-11(15-9)7-6-12-8(13-5)14-7/h6H,1-5H3. The fraction of sp³-hybridized carbons (Fsp3) is 0.700. The lowest BCUT2D eigenvalue weighted by Crippen LogP contribution is -2.41. The number of oxazole rings is 1. The number of methoxy groups -OCH3 is 1. The van der Waals surface area contributed by atoms with Crippen molar-refractivity contribution in [2.24, 2.45) is 0 Å². The number of hydrogen-bond donors (Lipinski definition) is 0. The summed E-state index contributed by atoms with van der Waals surface area (Å²) in [6.45, 7) is 7.95. The van der Waals surface area contributed by atoms with E-state index in [1.54, 1.807) is 6.20 Å². The Balaban J connectivity index is 2.20. The van der Waals surface area contributed by atoms with Gasteiger partial charge in [0.05, 0.1) is 24.5 Å². The molecule has 0 bridgehead atoms. The summed E-state index contributed by atoms with van der Waals surface area (Å²) >= 11 is 0. The van der Waals surface area contributed by atoms with Crippen LogP contribution in [0.25, 0.3) is 0 Å². The Hall–Kier alpha value is -1.01. The maximum Gasteiger partial charge on any atom is 0.534 e. The van der Waals surface area contributed by atoms with Crippen LogP contribution >= 0.6 is 0 Å². The molecule has 0 unspecified atom stereocenters. The van der Waals surface area contributed by atoms with Crippen LogP contribution in [0.4, 0.5) is 0 Å². The SMILES string of the molecule is COc1ncc(B2OC(C)(C)C(C)(C)O2)o1. The number of hydrogen-bond acceptors (Lipinski definition) is 5. The second-order valence-corrected chi connectivity index (χ2v) is 4.82. The van der Waals surface area contributed by atoms with Crippen molar-refractivity contribution in [3.05, 3.63) is 6.20 Å². The molecule has 0 atom stereocenters. The van der Waals surface area contributed by atoms with Gasteiger partial charge in [0.15, 0.2) is 5.66 Å². The van der Waals surface area contributed by atoms with Crippen LogP contribution in [-0.2, 0) is 9.31 Å². The highest BCUT2D eigenvalue weighted by atomic mass is 16.7. The van der Waals surface area contributed by atoms with Crippen molar-refractivity contribution in [1.29, 1.82) is 0 Å². The van der Waals surface area contributed by atoms with Gasteiger partial charge in [-0.25, -0.2) is 0 Å². The second-order valence-electron chi connectivity index (χ2n) is 4.82. The van der Waals surface area contributed by atoms with Gasteiger partial charge >= 0.3 is 13.2 Å². The van der Waals surface area contributed by atoms with Crippen LogP contribution in [0.3, 0.4) is 0 Å². The molecule has 0 N–H and O–H groups in total. The third-order valence-electron chi connectivity index (χ3n) is 3.16. The van der Waals surface area contributed by atoms with Crippen molar-refractivity contribution in [3.8, 4) is 6.08 Å². The minimum atomic E-state index is -0.526. The zero-order chi connectivity index (χ0) is 12.0. The van der Waals surface area contributed by atoms with E-state index in [0.717, 1.165) is 0 Å². The quantitative estimate of drug-likeness (QED) is 0.702. The fourth-order valence-electron chi connectivity index (χ4n) is 1.43. The van der Waals surface area contributed by atoms with E-state index in [9.17, 15) is 0 Å². The first-order valence-corrected chi connectivity index (χ1v) is 5.21. The van der Waals surface area contributed by atoms with Gasteiger partial charge in [-0.15, -0.1) is 0 Å².